The van der Waals surface area contributed by atoms with Crippen molar-refractivity contribution in [2.75, 3.05) is 20.3 Å². The van der Waals surface area contributed by atoms with Gasteiger partial charge in [-0.05, 0) is 37.8 Å². The Morgan fingerprint density at radius 2 is 2.24 bits per heavy atom. The molecular weight excluding hydrogens is 264 g/mol. The standard InChI is InChI=1S/C17H28N2O2/c1-20-12-10-18-13-15-5-4-11-19(15)14-16-6-9-17(21-16)7-2-3-8-17/h4-5,11,16,18H,2-3,6-10,12-14H2,1H3. The van der Waals surface area contributed by atoms with Gasteiger partial charge in [0.05, 0.1) is 18.3 Å². The van der Waals surface area contributed by atoms with Crippen molar-refractivity contribution in [2.24, 2.45) is 0 Å². The van der Waals surface area contributed by atoms with Crippen molar-refractivity contribution in [1.82, 2.24) is 9.88 Å². The molecule has 1 unspecified atom stereocenters. The molecule has 2 fully saturated rings. The van der Waals surface area contributed by atoms with Gasteiger partial charge in [-0.3, -0.25) is 0 Å². The van der Waals surface area contributed by atoms with Crippen LogP contribution in [0, 0.1) is 0 Å². The Labute approximate surface area is 127 Å². The Morgan fingerprint density at radius 1 is 1.38 bits per heavy atom. The van der Waals surface area contributed by atoms with Gasteiger partial charge >= 0.3 is 0 Å². The molecule has 0 bridgehead atoms. The van der Waals surface area contributed by atoms with Gasteiger partial charge in [0.15, 0.2) is 0 Å². The predicted octanol–water partition coefficient (Wildman–Crippen LogP) is 2.72. The first-order chi connectivity index (χ1) is 10.3. The number of nitrogens with zero attached hydrogens (tertiary/aromatic N) is 1. The van der Waals surface area contributed by atoms with Crippen LogP contribution in [-0.4, -0.2) is 36.5 Å². The molecule has 1 aliphatic heterocycles. The lowest BCUT2D eigenvalue weighted by molar-refractivity contribution is -0.0420. The minimum absolute atomic E-state index is 0.245. The van der Waals surface area contributed by atoms with Crippen molar-refractivity contribution in [2.45, 2.75) is 63.3 Å². The molecule has 1 aromatic rings. The number of nitrogens with one attached hydrogen (secondary N) is 1. The van der Waals surface area contributed by atoms with Crippen LogP contribution >= 0.6 is 0 Å². The molecule has 2 aliphatic rings. The zero-order valence-electron chi connectivity index (χ0n) is 13.1. The van der Waals surface area contributed by atoms with Crippen LogP contribution in [0.1, 0.15) is 44.2 Å². The van der Waals surface area contributed by atoms with Crippen LogP contribution in [0.5, 0.6) is 0 Å². The molecule has 1 aromatic heterocycles. The molecule has 4 nitrogen and oxygen atoms in total. The molecule has 1 saturated heterocycles. The summed E-state index contributed by atoms with van der Waals surface area (Å²) in [5.41, 5.74) is 1.58. The minimum Gasteiger partial charge on any atom is -0.383 e. The predicted molar refractivity (Wildman–Crippen MR) is 83.3 cm³/mol. The van der Waals surface area contributed by atoms with Crippen molar-refractivity contribution in [1.29, 1.82) is 0 Å². The van der Waals surface area contributed by atoms with Gasteiger partial charge in [-0.15, -0.1) is 0 Å². The van der Waals surface area contributed by atoms with Crippen molar-refractivity contribution >= 4 is 0 Å². The summed E-state index contributed by atoms with van der Waals surface area (Å²) >= 11 is 0. The lowest BCUT2D eigenvalue weighted by Gasteiger charge is -2.24. The van der Waals surface area contributed by atoms with Crippen molar-refractivity contribution < 1.29 is 9.47 Å². The average molecular weight is 292 g/mol. The molecular formula is C17H28N2O2. The van der Waals surface area contributed by atoms with Gasteiger partial charge in [0.25, 0.3) is 0 Å². The summed E-state index contributed by atoms with van der Waals surface area (Å²) in [5, 5.41) is 3.42. The summed E-state index contributed by atoms with van der Waals surface area (Å²) < 4.78 is 13.8. The van der Waals surface area contributed by atoms with E-state index in [0.717, 1.165) is 26.2 Å². The quantitative estimate of drug-likeness (QED) is 0.785. The first kappa shape index (κ1) is 15.1. The molecule has 1 atom stereocenters. The van der Waals surface area contributed by atoms with Gasteiger partial charge in [0, 0.05) is 38.6 Å². The summed E-state index contributed by atoms with van der Waals surface area (Å²) in [5.74, 6) is 0. The zero-order valence-corrected chi connectivity index (χ0v) is 13.1. The van der Waals surface area contributed by atoms with Crippen LogP contribution in [0.2, 0.25) is 0 Å². The highest BCUT2D eigenvalue weighted by molar-refractivity contribution is 5.07. The van der Waals surface area contributed by atoms with Crippen LogP contribution in [0.25, 0.3) is 0 Å². The minimum atomic E-state index is 0.245. The third-order valence-corrected chi connectivity index (χ3v) is 4.97. The second-order valence-electron chi connectivity index (χ2n) is 6.49. The SMILES string of the molecule is COCCNCc1cccn1CC1CCC2(CCCC2)O1. The molecule has 0 aromatic carbocycles. The van der Waals surface area contributed by atoms with Crippen molar-refractivity contribution in [3.8, 4) is 0 Å². The van der Waals surface area contributed by atoms with Crippen LogP contribution in [-0.2, 0) is 22.6 Å². The largest absolute Gasteiger partial charge is 0.383 e. The molecule has 4 heteroatoms. The van der Waals surface area contributed by atoms with E-state index in [1.165, 1.54) is 44.2 Å². The van der Waals surface area contributed by atoms with Crippen molar-refractivity contribution in [3.63, 3.8) is 0 Å². The Hall–Kier alpha value is -0.840. The molecule has 1 N–H and O–H groups in total. The second kappa shape index (κ2) is 6.95. The lowest BCUT2D eigenvalue weighted by Crippen LogP contribution is -2.27. The molecule has 0 radical (unpaired) electrons. The van der Waals surface area contributed by atoms with Crippen LogP contribution in [0.4, 0.5) is 0 Å². The zero-order chi connectivity index (χ0) is 14.5. The monoisotopic (exact) mass is 292 g/mol. The number of aromatic nitrogens is 1. The van der Waals surface area contributed by atoms with E-state index in [9.17, 15) is 0 Å². The topological polar surface area (TPSA) is 35.4 Å². The fraction of sp³-hybridized carbons (Fsp3) is 0.765. The molecule has 3 rings (SSSR count). The summed E-state index contributed by atoms with van der Waals surface area (Å²) in [6.45, 7) is 3.55. The molecule has 21 heavy (non-hydrogen) atoms. The summed E-state index contributed by atoms with van der Waals surface area (Å²) in [7, 11) is 1.74. The molecule has 2 heterocycles. The second-order valence-corrected chi connectivity index (χ2v) is 6.49. The first-order valence-electron chi connectivity index (χ1n) is 8.33. The van der Waals surface area contributed by atoms with Gasteiger partial charge in [-0.25, -0.2) is 0 Å². The Kier molecular flexibility index (Phi) is 4.99. The molecule has 118 valence electrons. The van der Waals surface area contributed by atoms with Gasteiger partial charge in [-0.2, -0.15) is 0 Å². The number of hydrogen-bond donors (Lipinski definition) is 1. The molecule has 1 spiro atoms. The van der Waals surface area contributed by atoms with E-state index in [2.05, 4.69) is 28.2 Å². The maximum atomic E-state index is 6.42. The van der Waals surface area contributed by atoms with Gasteiger partial charge in [0.1, 0.15) is 0 Å². The number of methoxy groups -OCH3 is 1. The highest BCUT2D eigenvalue weighted by atomic mass is 16.5. The maximum absolute atomic E-state index is 6.42. The Morgan fingerprint density at radius 3 is 3.05 bits per heavy atom. The van der Waals surface area contributed by atoms with Crippen LogP contribution in [0.15, 0.2) is 18.3 Å². The maximum Gasteiger partial charge on any atom is 0.0762 e. The van der Waals surface area contributed by atoms with E-state index in [0.29, 0.717) is 6.10 Å². The third kappa shape index (κ3) is 3.68. The molecule has 1 saturated carbocycles. The van der Waals surface area contributed by atoms with Gasteiger partial charge in [-0.1, -0.05) is 12.8 Å². The smallest absolute Gasteiger partial charge is 0.0762 e. The summed E-state index contributed by atoms with van der Waals surface area (Å²) in [6.07, 6.45) is 10.3. The third-order valence-electron chi connectivity index (χ3n) is 4.97. The fourth-order valence-corrected chi connectivity index (χ4v) is 3.81. The summed E-state index contributed by atoms with van der Waals surface area (Å²) in [4.78, 5) is 0. The molecule has 0 amide bonds. The van der Waals surface area contributed by atoms with E-state index in [4.69, 9.17) is 9.47 Å². The van der Waals surface area contributed by atoms with E-state index in [1.807, 2.05) is 0 Å². The van der Waals surface area contributed by atoms with Crippen molar-refractivity contribution in [3.05, 3.63) is 24.0 Å². The summed E-state index contributed by atoms with van der Waals surface area (Å²) in [6, 6.07) is 4.33. The van der Waals surface area contributed by atoms with E-state index >= 15 is 0 Å². The van der Waals surface area contributed by atoms with E-state index in [-0.39, 0.29) is 5.60 Å². The van der Waals surface area contributed by atoms with Gasteiger partial charge < -0.3 is 19.4 Å². The van der Waals surface area contributed by atoms with E-state index in [1.54, 1.807) is 7.11 Å². The first-order valence-corrected chi connectivity index (χ1v) is 8.33. The number of rotatable bonds is 7. The Balaban J connectivity index is 1.50. The Bertz CT molecular complexity index is 438. The highest BCUT2D eigenvalue weighted by Crippen LogP contribution is 2.43. The normalized spacial score (nSPS) is 24.1. The fourth-order valence-electron chi connectivity index (χ4n) is 3.81. The van der Waals surface area contributed by atoms with E-state index < -0.39 is 0 Å². The van der Waals surface area contributed by atoms with Crippen LogP contribution < -0.4 is 5.32 Å². The molecule has 1 aliphatic carbocycles. The average Bonchev–Trinajstić information content (AvgIpc) is 3.20. The van der Waals surface area contributed by atoms with Crippen LogP contribution in [0.3, 0.4) is 0 Å². The number of ether oxygens (including phenoxy) is 2. The lowest BCUT2D eigenvalue weighted by atomic mass is 9.98. The highest BCUT2D eigenvalue weighted by Gasteiger charge is 2.42. The van der Waals surface area contributed by atoms with Gasteiger partial charge in [0.2, 0.25) is 0 Å². The number of hydrogen-bond acceptors (Lipinski definition) is 3.